The zero-order valence-electron chi connectivity index (χ0n) is 12.0. The van der Waals surface area contributed by atoms with Gasteiger partial charge in [0.15, 0.2) is 6.10 Å². The van der Waals surface area contributed by atoms with Gasteiger partial charge in [0.25, 0.3) is 5.91 Å². The molecule has 1 amide bonds. The van der Waals surface area contributed by atoms with E-state index in [1.54, 1.807) is 12.3 Å². The first-order valence-electron chi connectivity index (χ1n) is 6.52. The van der Waals surface area contributed by atoms with Crippen LogP contribution in [0.3, 0.4) is 0 Å². The highest BCUT2D eigenvalue weighted by Crippen LogP contribution is 2.10. The smallest absolute Gasteiger partial charge is 0.339 e. The van der Waals surface area contributed by atoms with E-state index in [1.165, 1.54) is 25.3 Å². The number of carbonyl (C=O) groups excluding carboxylic acids is 2. The minimum Gasteiger partial charge on any atom is -0.449 e. The maximum absolute atomic E-state index is 12.0. The molecule has 0 aliphatic carbocycles. The number of aromatic nitrogens is 2. The van der Waals surface area contributed by atoms with Crippen LogP contribution in [-0.4, -0.2) is 27.9 Å². The number of halogens is 1. The van der Waals surface area contributed by atoms with E-state index in [-0.39, 0.29) is 10.7 Å². The molecule has 0 radical (unpaired) electrons. The lowest BCUT2D eigenvalue weighted by Gasteiger charge is -2.13. The number of nitrogens with zero attached hydrogens (tertiary/aromatic N) is 2. The number of rotatable bonds is 4. The number of pyridine rings is 2. The van der Waals surface area contributed by atoms with E-state index in [1.807, 2.05) is 13.0 Å². The highest BCUT2D eigenvalue weighted by Gasteiger charge is 2.19. The summed E-state index contributed by atoms with van der Waals surface area (Å²) >= 11 is 5.70. The molecule has 0 fully saturated rings. The van der Waals surface area contributed by atoms with Gasteiger partial charge >= 0.3 is 5.97 Å². The van der Waals surface area contributed by atoms with Gasteiger partial charge in [0, 0.05) is 12.4 Å². The van der Waals surface area contributed by atoms with Crippen molar-refractivity contribution in [2.75, 3.05) is 5.32 Å². The van der Waals surface area contributed by atoms with Gasteiger partial charge in [-0.25, -0.2) is 14.8 Å². The Balaban J connectivity index is 1.96. The molecule has 2 rings (SSSR count). The van der Waals surface area contributed by atoms with Crippen molar-refractivity contribution in [2.24, 2.45) is 0 Å². The highest BCUT2D eigenvalue weighted by molar-refractivity contribution is 6.29. The number of anilines is 1. The van der Waals surface area contributed by atoms with Gasteiger partial charge in [-0.2, -0.15) is 0 Å². The van der Waals surface area contributed by atoms with Crippen molar-refractivity contribution in [1.82, 2.24) is 9.97 Å². The molecule has 0 aliphatic heterocycles. The van der Waals surface area contributed by atoms with Crippen LogP contribution in [0.4, 0.5) is 5.82 Å². The van der Waals surface area contributed by atoms with E-state index in [2.05, 4.69) is 15.3 Å². The molecule has 1 unspecified atom stereocenters. The van der Waals surface area contributed by atoms with E-state index in [0.717, 1.165) is 5.56 Å². The van der Waals surface area contributed by atoms with Gasteiger partial charge < -0.3 is 10.1 Å². The summed E-state index contributed by atoms with van der Waals surface area (Å²) < 4.78 is 5.08. The second-order valence-electron chi connectivity index (χ2n) is 4.62. The van der Waals surface area contributed by atoms with Crippen molar-refractivity contribution in [3.63, 3.8) is 0 Å². The Morgan fingerprint density at radius 2 is 2.05 bits per heavy atom. The zero-order valence-corrected chi connectivity index (χ0v) is 12.8. The van der Waals surface area contributed by atoms with Crippen LogP contribution >= 0.6 is 11.6 Å². The summed E-state index contributed by atoms with van der Waals surface area (Å²) in [6.45, 7) is 3.37. The first kappa shape index (κ1) is 15.9. The van der Waals surface area contributed by atoms with Gasteiger partial charge in [-0.3, -0.25) is 4.79 Å². The standard InChI is InChI=1S/C15H14ClN3O3/c1-9-3-4-13(18-8-9)19-14(20)10(2)22-15(21)11-5-6-17-12(16)7-11/h3-8,10H,1-2H3,(H,18,19,20). The zero-order chi connectivity index (χ0) is 16.1. The minimum atomic E-state index is -0.970. The fourth-order valence-corrected chi connectivity index (χ4v) is 1.76. The second kappa shape index (κ2) is 7.00. The molecule has 0 saturated heterocycles. The molecule has 114 valence electrons. The molecule has 2 heterocycles. The van der Waals surface area contributed by atoms with E-state index < -0.39 is 18.0 Å². The molecular weight excluding hydrogens is 306 g/mol. The number of hydrogen-bond acceptors (Lipinski definition) is 5. The quantitative estimate of drug-likeness (QED) is 0.692. The van der Waals surface area contributed by atoms with Crippen molar-refractivity contribution in [1.29, 1.82) is 0 Å². The maximum Gasteiger partial charge on any atom is 0.339 e. The van der Waals surface area contributed by atoms with Crippen LogP contribution in [0.1, 0.15) is 22.8 Å². The lowest BCUT2D eigenvalue weighted by molar-refractivity contribution is -0.123. The average Bonchev–Trinajstić information content (AvgIpc) is 2.49. The van der Waals surface area contributed by atoms with Gasteiger partial charge in [0.1, 0.15) is 11.0 Å². The Kier molecular flexibility index (Phi) is 5.06. The first-order chi connectivity index (χ1) is 10.5. The molecule has 6 nitrogen and oxygen atoms in total. The van der Waals surface area contributed by atoms with Crippen molar-refractivity contribution in [3.8, 4) is 0 Å². The molecule has 1 atom stereocenters. The molecule has 7 heteroatoms. The predicted molar refractivity (Wildman–Crippen MR) is 81.7 cm³/mol. The Morgan fingerprint density at radius 3 is 2.68 bits per heavy atom. The highest BCUT2D eigenvalue weighted by atomic mass is 35.5. The molecule has 0 spiro atoms. The van der Waals surface area contributed by atoms with Crippen molar-refractivity contribution in [3.05, 3.63) is 52.9 Å². The topological polar surface area (TPSA) is 81.2 Å². The fourth-order valence-electron chi connectivity index (χ4n) is 1.58. The summed E-state index contributed by atoms with van der Waals surface area (Å²) in [5.74, 6) is -0.723. The lowest BCUT2D eigenvalue weighted by Crippen LogP contribution is -2.30. The number of carbonyl (C=O) groups is 2. The molecule has 22 heavy (non-hydrogen) atoms. The van der Waals surface area contributed by atoms with Crippen LogP contribution in [0.25, 0.3) is 0 Å². The molecular formula is C15H14ClN3O3. The third-order valence-corrected chi connectivity index (χ3v) is 2.98. The molecule has 1 N–H and O–H groups in total. The summed E-state index contributed by atoms with van der Waals surface area (Å²) in [5, 5.41) is 2.75. The summed E-state index contributed by atoms with van der Waals surface area (Å²) in [4.78, 5) is 31.7. The van der Waals surface area contributed by atoms with Crippen molar-refractivity contribution in [2.45, 2.75) is 20.0 Å². The largest absolute Gasteiger partial charge is 0.449 e. The summed E-state index contributed by atoms with van der Waals surface area (Å²) in [6.07, 6.45) is 2.05. The Morgan fingerprint density at radius 1 is 1.27 bits per heavy atom. The van der Waals surface area contributed by atoms with E-state index in [9.17, 15) is 9.59 Å². The number of aryl methyl sites for hydroxylation is 1. The Bertz CT molecular complexity index is 689. The maximum atomic E-state index is 12.0. The van der Waals surface area contributed by atoms with Crippen LogP contribution in [0, 0.1) is 6.92 Å². The van der Waals surface area contributed by atoms with E-state index in [0.29, 0.717) is 5.82 Å². The van der Waals surface area contributed by atoms with Crippen LogP contribution in [0.5, 0.6) is 0 Å². The van der Waals surface area contributed by atoms with Crippen LogP contribution < -0.4 is 5.32 Å². The van der Waals surface area contributed by atoms with Crippen LogP contribution in [0.15, 0.2) is 36.7 Å². The molecule has 0 aliphatic rings. The molecule has 0 saturated carbocycles. The number of amides is 1. The van der Waals surface area contributed by atoms with E-state index in [4.69, 9.17) is 16.3 Å². The summed E-state index contributed by atoms with van der Waals surface area (Å²) in [7, 11) is 0. The fraction of sp³-hybridized carbons (Fsp3) is 0.200. The number of esters is 1. The van der Waals surface area contributed by atoms with Gasteiger partial charge in [-0.05, 0) is 37.6 Å². The van der Waals surface area contributed by atoms with E-state index >= 15 is 0 Å². The monoisotopic (exact) mass is 319 g/mol. The minimum absolute atomic E-state index is 0.176. The van der Waals surface area contributed by atoms with Gasteiger partial charge in [-0.1, -0.05) is 17.7 Å². The lowest BCUT2D eigenvalue weighted by atomic mass is 10.2. The van der Waals surface area contributed by atoms with Gasteiger partial charge in [0.2, 0.25) is 0 Å². The molecule has 2 aromatic rings. The van der Waals surface area contributed by atoms with Crippen LogP contribution in [-0.2, 0) is 9.53 Å². The molecule has 0 bridgehead atoms. The SMILES string of the molecule is Cc1ccc(NC(=O)C(C)OC(=O)c2ccnc(Cl)c2)nc1. The van der Waals surface area contributed by atoms with Crippen molar-refractivity contribution >= 4 is 29.3 Å². The number of ether oxygens (including phenoxy) is 1. The Labute approximate surface area is 132 Å². The summed E-state index contributed by atoms with van der Waals surface area (Å²) in [5.41, 5.74) is 1.21. The molecule has 0 aromatic carbocycles. The third kappa shape index (κ3) is 4.26. The normalized spacial score (nSPS) is 11.6. The number of nitrogens with one attached hydrogen (secondary N) is 1. The van der Waals surface area contributed by atoms with Gasteiger partial charge in [-0.15, -0.1) is 0 Å². The number of hydrogen-bond donors (Lipinski definition) is 1. The summed E-state index contributed by atoms with van der Waals surface area (Å²) in [6, 6.07) is 6.32. The third-order valence-electron chi connectivity index (χ3n) is 2.78. The predicted octanol–water partition coefficient (Wildman–Crippen LogP) is 2.62. The average molecular weight is 320 g/mol. The Hall–Kier alpha value is -2.47. The first-order valence-corrected chi connectivity index (χ1v) is 6.89. The molecule has 2 aromatic heterocycles. The van der Waals surface area contributed by atoms with Gasteiger partial charge in [0.05, 0.1) is 5.56 Å². The second-order valence-corrected chi connectivity index (χ2v) is 5.01. The van der Waals surface area contributed by atoms with Crippen molar-refractivity contribution < 1.29 is 14.3 Å². The van der Waals surface area contributed by atoms with Crippen LogP contribution in [0.2, 0.25) is 5.15 Å².